The summed E-state index contributed by atoms with van der Waals surface area (Å²) in [6.45, 7) is 0. The Hall–Kier alpha value is -3.96. The first kappa shape index (κ1) is 21.3. The van der Waals surface area contributed by atoms with Crippen molar-refractivity contribution in [2.24, 2.45) is 0 Å². The monoisotopic (exact) mass is 422 g/mol. The van der Waals surface area contributed by atoms with Crippen molar-refractivity contribution in [1.82, 2.24) is 0 Å². The summed E-state index contributed by atoms with van der Waals surface area (Å²) in [6, 6.07) is 25.5. The molecule has 2 N–H and O–H groups in total. The molecule has 2 heterocycles. The molecule has 0 spiro atoms. The second-order valence-corrected chi connectivity index (χ2v) is 7.54. The Morgan fingerprint density at radius 3 is 1.31 bits per heavy atom. The molecular weight excluding hydrogens is 400 g/mol. The molecule has 0 aliphatic rings. The maximum absolute atomic E-state index is 11.8. The quantitative estimate of drug-likeness (QED) is 0.395. The second kappa shape index (κ2) is 8.65. The van der Waals surface area contributed by atoms with Crippen LogP contribution >= 0.6 is 0 Å². The van der Waals surface area contributed by atoms with E-state index in [0.29, 0.717) is 11.5 Å². The molecule has 2 aromatic heterocycles. The van der Waals surface area contributed by atoms with Crippen LogP contribution in [0.4, 0.5) is 0 Å². The van der Waals surface area contributed by atoms with E-state index in [1.54, 1.807) is 24.3 Å². The summed E-state index contributed by atoms with van der Waals surface area (Å²) < 4.78 is 12.0. The Bertz CT molecular complexity index is 1170. The SMILES string of the molecule is C#CC[C@@](O)(c1ccc(-c2ccccc2)o1)[C@](O)(CC#C)c1ccc(-c2ccccc2)o1. The maximum atomic E-state index is 11.8. The zero-order valence-electron chi connectivity index (χ0n) is 17.4. The van der Waals surface area contributed by atoms with Crippen LogP contribution in [0.25, 0.3) is 22.6 Å². The lowest BCUT2D eigenvalue weighted by atomic mass is 9.75. The van der Waals surface area contributed by atoms with Gasteiger partial charge in [0, 0.05) is 24.0 Å². The first-order valence-electron chi connectivity index (χ1n) is 10.1. The molecule has 4 aromatic rings. The van der Waals surface area contributed by atoms with Crippen molar-refractivity contribution >= 4 is 0 Å². The number of furan rings is 2. The molecule has 0 saturated heterocycles. The van der Waals surface area contributed by atoms with E-state index in [9.17, 15) is 10.2 Å². The van der Waals surface area contributed by atoms with Gasteiger partial charge in [0.15, 0.2) is 11.2 Å². The molecule has 32 heavy (non-hydrogen) atoms. The van der Waals surface area contributed by atoms with Crippen LogP contribution in [0.5, 0.6) is 0 Å². The van der Waals surface area contributed by atoms with Gasteiger partial charge in [-0.1, -0.05) is 60.7 Å². The number of hydrogen-bond acceptors (Lipinski definition) is 4. The maximum Gasteiger partial charge on any atom is 0.170 e. The predicted octanol–water partition coefficient (Wildman–Crippen LogP) is 5.33. The normalized spacial score (nSPS) is 14.6. The highest BCUT2D eigenvalue weighted by atomic mass is 16.4. The molecule has 0 fully saturated rings. The Morgan fingerprint density at radius 1 is 0.594 bits per heavy atom. The summed E-state index contributed by atoms with van der Waals surface area (Å²) in [7, 11) is 0. The smallest absolute Gasteiger partial charge is 0.170 e. The topological polar surface area (TPSA) is 66.7 Å². The first-order valence-corrected chi connectivity index (χ1v) is 10.1. The van der Waals surface area contributed by atoms with Crippen LogP contribution in [0, 0.1) is 24.7 Å². The summed E-state index contributed by atoms with van der Waals surface area (Å²) in [5.74, 6) is 6.16. The van der Waals surface area contributed by atoms with Gasteiger partial charge in [0.1, 0.15) is 23.0 Å². The summed E-state index contributed by atoms with van der Waals surface area (Å²) in [6.07, 6.45) is 10.7. The van der Waals surface area contributed by atoms with Gasteiger partial charge in [-0.25, -0.2) is 0 Å². The van der Waals surface area contributed by atoms with Gasteiger partial charge in [-0.2, -0.15) is 0 Å². The highest BCUT2D eigenvalue weighted by molar-refractivity contribution is 5.59. The molecule has 0 aliphatic heterocycles. The summed E-state index contributed by atoms with van der Waals surface area (Å²) in [5.41, 5.74) is -2.39. The van der Waals surface area contributed by atoms with Crippen LogP contribution < -0.4 is 0 Å². The number of aliphatic hydroxyl groups is 2. The molecule has 0 aliphatic carbocycles. The lowest BCUT2D eigenvalue weighted by Crippen LogP contribution is -2.49. The Balaban J connectivity index is 1.81. The molecule has 2 aromatic carbocycles. The Labute approximate surface area is 187 Å². The van der Waals surface area contributed by atoms with E-state index in [2.05, 4.69) is 11.8 Å². The molecule has 0 amide bonds. The third-order valence-corrected chi connectivity index (χ3v) is 5.54. The summed E-state index contributed by atoms with van der Waals surface area (Å²) in [4.78, 5) is 0. The van der Waals surface area contributed by atoms with Gasteiger partial charge in [0.05, 0.1) is 0 Å². The molecule has 0 bridgehead atoms. The van der Waals surface area contributed by atoms with Gasteiger partial charge in [-0.05, 0) is 24.3 Å². The predicted molar refractivity (Wildman–Crippen MR) is 123 cm³/mol. The Kier molecular flexibility index (Phi) is 5.75. The summed E-state index contributed by atoms with van der Waals surface area (Å²) >= 11 is 0. The molecule has 2 atom stereocenters. The third-order valence-electron chi connectivity index (χ3n) is 5.54. The van der Waals surface area contributed by atoms with E-state index in [1.165, 1.54) is 0 Å². The van der Waals surface area contributed by atoms with E-state index in [0.717, 1.165) is 11.1 Å². The highest BCUT2D eigenvalue weighted by Crippen LogP contribution is 2.47. The van der Waals surface area contributed by atoms with E-state index in [-0.39, 0.29) is 24.4 Å². The fourth-order valence-corrected chi connectivity index (χ4v) is 3.81. The highest BCUT2D eigenvalue weighted by Gasteiger charge is 2.55. The molecule has 0 unspecified atom stereocenters. The lowest BCUT2D eigenvalue weighted by molar-refractivity contribution is -0.178. The van der Waals surface area contributed by atoms with Crippen molar-refractivity contribution in [2.45, 2.75) is 24.0 Å². The van der Waals surface area contributed by atoms with Gasteiger partial charge in [0.2, 0.25) is 0 Å². The molecule has 158 valence electrons. The molecule has 0 saturated carbocycles. The molecule has 0 radical (unpaired) electrons. The minimum Gasteiger partial charge on any atom is -0.458 e. The fraction of sp³-hybridized carbons (Fsp3) is 0.143. The average Bonchev–Trinajstić information content (AvgIpc) is 3.51. The average molecular weight is 422 g/mol. The lowest BCUT2D eigenvalue weighted by Gasteiger charge is -2.39. The van der Waals surface area contributed by atoms with Gasteiger partial charge in [-0.3, -0.25) is 0 Å². The minimum absolute atomic E-state index is 0.102. The second-order valence-electron chi connectivity index (χ2n) is 7.54. The van der Waals surface area contributed by atoms with Crippen LogP contribution in [-0.2, 0) is 11.2 Å². The van der Waals surface area contributed by atoms with Crippen molar-refractivity contribution in [1.29, 1.82) is 0 Å². The van der Waals surface area contributed by atoms with Crippen molar-refractivity contribution in [3.05, 3.63) is 96.4 Å². The largest absolute Gasteiger partial charge is 0.458 e. The van der Waals surface area contributed by atoms with Crippen molar-refractivity contribution in [3.63, 3.8) is 0 Å². The number of hydrogen-bond donors (Lipinski definition) is 2. The van der Waals surface area contributed by atoms with E-state index in [4.69, 9.17) is 21.7 Å². The van der Waals surface area contributed by atoms with Crippen LogP contribution in [0.2, 0.25) is 0 Å². The van der Waals surface area contributed by atoms with Crippen molar-refractivity contribution in [3.8, 4) is 47.3 Å². The molecule has 4 rings (SSSR count). The Morgan fingerprint density at radius 2 is 0.969 bits per heavy atom. The number of terminal acetylenes is 2. The summed E-state index contributed by atoms with van der Waals surface area (Å²) in [5, 5.41) is 23.6. The molecule has 4 heteroatoms. The standard InChI is InChI=1S/C28H22O4/c1-3-19-27(29,25-17-15-23(31-25)21-11-7-5-8-12-21)28(30,20-4-2)26-18-16-24(32-26)22-13-9-6-10-14-22/h1-2,5-18,29-30H,19-20H2/t27-,28+. The third kappa shape index (κ3) is 3.63. The zero-order chi connectivity index (χ0) is 22.6. The van der Waals surface area contributed by atoms with Crippen LogP contribution in [0.3, 0.4) is 0 Å². The fourth-order valence-electron chi connectivity index (χ4n) is 3.81. The van der Waals surface area contributed by atoms with E-state index in [1.807, 2.05) is 60.7 Å². The zero-order valence-corrected chi connectivity index (χ0v) is 17.4. The van der Waals surface area contributed by atoms with Gasteiger partial charge in [0.25, 0.3) is 0 Å². The van der Waals surface area contributed by atoms with Crippen LogP contribution in [-0.4, -0.2) is 10.2 Å². The van der Waals surface area contributed by atoms with Crippen molar-refractivity contribution < 1.29 is 19.0 Å². The van der Waals surface area contributed by atoms with Crippen molar-refractivity contribution in [2.75, 3.05) is 0 Å². The first-order chi connectivity index (χ1) is 15.5. The van der Waals surface area contributed by atoms with Gasteiger partial charge >= 0.3 is 0 Å². The van der Waals surface area contributed by atoms with Crippen LogP contribution in [0.1, 0.15) is 24.4 Å². The van der Waals surface area contributed by atoms with E-state index >= 15 is 0 Å². The number of benzene rings is 2. The van der Waals surface area contributed by atoms with E-state index < -0.39 is 11.2 Å². The van der Waals surface area contributed by atoms with Gasteiger partial charge < -0.3 is 19.0 Å². The van der Waals surface area contributed by atoms with Crippen LogP contribution in [0.15, 0.2) is 93.8 Å². The molecular formula is C28H22O4. The number of rotatable bonds is 7. The van der Waals surface area contributed by atoms with Gasteiger partial charge in [-0.15, -0.1) is 24.7 Å². The minimum atomic E-state index is -2.02. The molecule has 4 nitrogen and oxygen atoms in total.